The third kappa shape index (κ3) is 3.52. The second-order valence-corrected chi connectivity index (χ2v) is 6.56. The number of benzene rings is 1. The maximum Gasteiger partial charge on any atom is 0.276 e. The summed E-state index contributed by atoms with van der Waals surface area (Å²) in [4.78, 5) is 11.5. The molecule has 0 saturated heterocycles. The number of aryl methyl sites for hydroxylation is 2. The molecule has 2 nitrogen and oxygen atoms in total. The van der Waals surface area contributed by atoms with E-state index in [2.05, 4.69) is 21.2 Å². The Hall–Kier alpha value is 0.0400. The molecule has 0 spiro atoms. The van der Waals surface area contributed by atoms with Crippen LogP contribution in [0.15, 0.2) is 16.6 Å². The van der Waals surface area contributed by atoms with Crippen LogP contribution in [0.5, 0.6) is 0 Å². The van der Waals surface area contributed by atoms with Gasteiger partial charge in [-0.2, -0.15) is 0 Å². The molecular weight excluding hydrogens is 336 g/mol. The first kappa shape index (κ1) is 14.1. The van der Waals surface area contributed by atoms with Gasteiger partial charge in [-0.15, -0.1) is 0 Å². The van der Waals surface area contributed by atoms with Gasteiger partial charge in [-0.25, -0.2) is 0 Å². The van der Waals surface area contributed by atoms with Crippen molar-refractivity contribution >= 4 is 62.3 Å². The topological polar surface area (TPSA) is 29.1 Å². The Kier molecular flexibility index (Phi) is 4.52. The minimum atomic E-state index is -1.95. The van der Waals surface area contributed by atoms with E-state index in [1.807, 2.05) is 26.0 Å². The molecule has 0 unspecified atom stereocenters. The summed E-state index contributed by atoms with van der Waals surface area (Å²) in [5.41, 5.74) is 2.46. The van der Waals surface area contributed by atoms with Crippen LogP contribution in [0.3, 0.4) is 0 Å². The number of halogens is 4. The Morgan fingerprint density at radius 3 is 2.06 bits per heavy atom. The summed E-state index contributed by atoms with van der Waals surface area (Å²) in [6.45, 7) is 3.73. The van der Waals surface area contributed by atoms with Gasteiger partial charge in [0.2, 0.25) is 0 Å². The van der Waals surface area contributed by atoms with E-state index < -0.39 is 9.70 Å². The van der Waals surface area contributed by atoms with Crippen molar-refractivity contribution in [2.45, 2.75) is 17.6 Å². The fourth-order valence-corrected chi connectivity index (χ4v) is 2.12. The summed E-state index contributed by atoms with van der Waals surface area (Å²) in [5, 5.41) is 2.59. The maximum atomic E-state index is 11.5. The van der Waals surface area contributed by atoms with Gasteiger partial charge in [0.1, 0.15) is 0 Å². The van der Waals surface area contributed by atoms with Gasteiger partial charge in [0.05, 0.1) is 0 Å². The average molecular weight is 345 g/mol. The number of hydrogen-bond donors (Lipinski definition) is 1. The second kappa shape index (κ2) is 5.13. The van der Waals surface area contributed by atoms with E-state index in [0.29, 0.717) is 5.69 Å². The van der Waals surface area contributed by atoms with Gasteiger partial charge in [-0.1, -0.05) is 50.7 Å². The summed E-state index contributed by atoms with van der Waals surface area (Å²) in [6, 6.07) is 3.75. The number of alkyl halides is 3. The minimum Gasteiger partial charge on any atom is -0.322 e. The van der Waals surface area contributed by atoms with E-state index in [1.165, 1.54) is 0 Å². The van der Waals surface area contributed by atoms with Gasteiger partial charge >= 0.3 is 0 Å². The molecule has 0 radical (unpaired) electrons. The van der Waals surface area contributed by atoms with Crippen molar-refractivity contribution in [2.75, 3.05) is 5.32 Å². The molecule has 0 aliphatic rings. The lowest BCUT2D eigenvalue weighted by atomic mass is 10.1. The van der Waals surface area contributed by atoms with Gasteiger partial charge in [-0.05, 0) is 37.1 Å². The van der Waals surface area contributed by atoms with Crippen molar-refractivity contribution in [1.29, 1.82) is 0 Å². The molecule has 0 aromatic heterocycles. The van der Waals surface area contributed by atoms with Gasteiger partial charge in [-0.3, -0.25) is 4.79 Å². The zero-order valence-electron chi connectivity index (χ0n) is 8.57. The van der Waals surface area contributed by atoms with Crippen LogP contribution in [0.2, 0.25) is 0 Å². The van der Waals surface area contributed by atoms with Crippen LogP contribution in [-0.4, -0.2) is 9.70 Å². The van der Waals surface area contributed by atoms with Crippen LogP contribution >= 0.6 is 50.7 Å². The Bertz CT molecular complexity index is 406. The van der Waals surface area contributed by atoms with Crippen LogP contribution in [0, 0.1) is 13.8 Å². The fourth-order valence-electron chi connectivity index (χ4n) is 1.29. The predicted octanol–water partition coefficient (Wildman–Crippen LogP) is 4.37. The largest absolute Gasteiger partial charge is 0.322 e. The van der Waals surface area contributed by atoms with E-state index in [9.17, 15) is 4.79 Å². The first-order valence-corrected chi connectivity index (χ1v) is 6.29. The maximum absolute atomic E-state index is 11.5. The van der Waals surface area contributed by atoms with E-state index >= 15 is 0 Å². The monoisotopic (exact) mass is 343 g/mol. The smallest absolute Gasteiger partial charge is 0.276 e. The van der Waals surface area contributed by atoms with Gasteiger partial charge < -0.3 is 5.32 Å². The molecule has 1 N–H and O–H groups in total. The summed E-state index contributed by atoms with van der Waals surface area (Å²) < 4.78 is -1.01. The summed E-state index contributed by atoms with van der Waals surface area (Å²) in [6.07, 6.45) is 0. The third-order valence-electron chi connectivity index (χ3n) is 1.99. The third-order valence-corrected chi connectivity index (χ3v) is 2.97. The van der Waals surface area contributed by atoms with Crippen LogP contribution in [0.1, 0.15) is 11.1 Å². The first-order valence-electron chi connectivity index (χ1n) is 4.36. The Labute approximate surface area is 117 Å². The van der Waals surface area contributed by atoms with Gasteiger partial charge in [0, 0.05) is 10.2 Å². The van der Waals surface area contributed by atoms with Crippen molar-refractivity contribution < 1.29 is 4.79 Å². The molecular formula is C10H9BrCl3NO. The molecule has 1 amide bonds. The highest BCUT2D eigenvalue weighted by Crippen LogP contribution is 2.30. The fraction of sp³-hybridized carbons (Fsp3) is 0.300. The number of nitrogens with one attached hydrogen (secondary N) is 1. The SMILES string of the molecule is Cc1cc(Br)cc(C)c1NC(=O)C(Cl)(Cl)Cl. The van der Waals surface area contributed by atoms with Crippen LogP contribution < -0.4 is 5.32 Å². The van der Waals surface area contributed by atoms with Crippen molar-refractivity contribution in [3.8, 4) is 0 Å². The summed E-state index contributed by atoms with van der Waals surface area (Å²) in [5.74, 6) is -0.661. The van der Waals surface area contributed by atoms with E-state index in [-0.39, 0.29) is 0 Å². The van der Waals surface area contributed by atoms with E-state index in [4.69, 9.17) is 34.8 Å². The molecule has 0 aliphatic carbocycles. The average Bonchev–Trinajstić information content (AvgIpc) is 2.08. The van der Waals surface area contributed by atoms with Crippen LogP contribution in [0.25, 0.3) is 0 Å². The molecule has 88 valence electrons. The van der Waals surface area contributed by atoms with E-state index in [1.54, 1.807) is 0 Å². The quantitative estimate of drug-likeness (QED) is 0.752. The Morgan fingerprint density at radius 1 is 1.25 bits per heavy atom. The zero-order chi connectivity index (χ0) is 12.5. The van der Waals surface area contributed by atoms with Crippen LogP contribution in [0.4, 0.5) is 5.69 Å². The molecule has 0 saturated carbocycles. The molecule has 0 heterocycles. The zero-order valence-corrected chi connectivity index (χ0v) is 12.4. The number of anilines is 1. The number of hydrogen-bond acceptors (Lipinski definition) is 1. The highest BCUT2D eigenvalue weighted by molar-refractivity contribution is 9.10. The molecule has 0 atom stereocenters. The Morgan fingerprint density at radius 2 is 1.69 bits per heavy atom. The highest BCUT2D eigenvalue weighted by Gasteiger charge is 2.31. The number of rotatable bonds is 1. The standard InChI is InChI=1S/C10H9BrCl3NO/c1-5-3-7(11)4-6(2)8(5)15-9(16)10(12,13)14/h3-4H,1-2H3,(H,15,16). The molecule has 1 rings (SSSR count). The molecule has 1 aromatic rings. The molecule has 0 aliphatic heterocycles. The van der Waals surface area contributed by atoms with Crippen molar-refractivity contribution in [3.63, 3.8) is 0 Å². The van der Waals surface area contributed by atoms with Crippen molar-refractivity contribution in [2.24, 2.45) is 0 Å². The lowest BCUT2D eigenvalue weighted by Crippen LogP contribution is -2.27. The molecule has 1 aromatic carbocycles. The lowest BCUT2D eigenvalue weighted by Gasteiger charge is -2.15. The lowest BCUT2D eigenvalue weighted by molar-refractivity contribution is -0.115. The summed E-state index contributed by atoms with van der Waals surface area (Å²) >= 11 is 19.8. The van der Waals surface area contributed by atoms with E-state index in [0.717, 1.165) is 15.6 Å². The second-order valence-electron chi connectivity index (χ2n) is 3.37. The normalized spacial score (nSPS) is 11.4. The van der Waals surface area contributed by atoms with Crippen molar-refractivity contribution in [3.05, 3.63) is 27.7 Å². The van der Waals surface area contributed by atoms with Crippen molar-refractivity contribution in [1.82, 2.24) is 0 Å². The van der Waals surface area contributed by atoms with Gasteiger partial charge in [0.15, 0.2) is 0 Å². The van der Waals surface area contributed by atoms with Crippen LogP contribution in [-0.2, 0) is 4.79 Å². The van der Waals surface area contributed by atoms with Gasteiger partial charge in [0.25, 0.3) is 9.70 Å². The molecule has 0 fully saturated rings. The number of amides is 1. The first-order chi connectivity index (χ1) is 7.21. The number of carbonyl (C=O) groups is 1. The highest BCUT2D eigenvalue weighted by atomic mass is 79.9. The molecule has 0 bridgehead atoms. The molecule has 16 heavy (non-hydrogen) atoms. The Balaban J connectivity index is 3.03. The minimum absolute atomic E-state index is 0.661. The number of carbonyl (C=O) groups excluding carboxylic acids is 1. The summed E-state index contributed by atoms with van der Waals surface area (Å²) in [7, 11) is 0. The predicted molar refractivity (Wildman–Crippen MR) is 72.5 cm³/mol. The molecule has 6 heteroatoms.